The maximum Gasteiger partial charge on any atom is 0.269 e. The summed E-state index contributed by atoms with van der Waals surface area (Å²) in [6, 6.07) is 37.0. The van der Waals surface area contributed by atoms with Gasteiger partial charge in [0.05, 0.1) is 61.1 Å². The predicted octanol–water partition coefficient (Wildman–Crippen LogP) is 27.4. The molecule has 1 amide bonds. The second-order valence-corrected chi connectivity index (χ2v) is 50.9. The van der Waals surface area contributed by atoms with E-state index in [1.807, 2.05) is 120 Å². The minimum absolute atomic E-state index is 0. The number of carbonyl (C=O) groups is 6. The molecule has 0 saturated heterocycles. The monoisotopic (exact) mass is 2130 g/mol. The van der Waals surface area contributed by atoms with Crippen LogP contribution >= 0.6 is 46.6 Å². The van der Waals surface area contributed by atoms with E-state index >= 15 is 0 Å². The molecule has 150 heavy (non-hydrogen) atoms. The molecule has 1 unspecified atom stereocenters. The first-order valence-corrected chi connectivity index (χ1v) is 55.5. The van der Waals surface area contributed by atoms with Crippen molar-refractivity contribution in [2.24, 2.45) is 16.2 Å². The first kappa shape index (κ1) is 119. The summed E-state index contributed by atoms with van der Waals surface area (Å²) in [7, 11) is 3.88. The number of likely N-dealkylation sites (N-methyl/N-ethyl adjacent to an activating group) is 5. The molecule has 0 spiro atoms. The van der Waals surface area contributed by atoms with Gasteiger partial charge in [-0.15, -0.1) is 11.8 Å². The maximum atomic E-state index is 13.5. The number of hydrogen-bond donors (Lipinski definition) is 2. The Kier molecular flexibility index (Phi) is 35.7. The number of carbonyl (C=O) groups excluding carboxylic acids is 6. The zero-order chi connectivity index (χ0) is 109. The van der Waals surface area contributed by atoms with Gasteiger partial charge in [-0.25, -0.2) is 9.15 Å². The fraction of sp³-hybridized carbons (Fsp3) is 0.441. The van der Waals surface area contributed by atoms with Gasteiger partial charge in [0.15, 0.2) is 35.1 Å². The number of aldehydes is 2. The molecular formula is C127H161Cl3N7O11S2+3. The van der Waals surface area contributed by atoms with Crippen molar-refractivity contribution in [3.8, 4) is 23.0 Å². The van der Waals surface area contributed by atoms with Crippen LogP contribution in [0.3, 0.4) is 0 Å². The molecule has 0 aromatic heterocycles. The SMILES string of the molecule is C.C.CC(=O)C(C)(C)C.CC1=CC(C)(C)N(C)c2cc3c(cc21)C(c1ccccc1C=O)=c1cc2c(cc1O3)=[N+](C)C(C)(C)C=C2CS(=O)(=O)O.CCCCC(NC(=O)CSc1c(Cl)c(Cl)c(C=O)c(C2=c3cc4c(cc3Oc3cc5c(cc32)C(C)=CC(C)(C)N5C)=[N+](C)C(C)(C)C=C4C)c1Cl)C(=O)C(C)(C)C.CCN1C(=CC=CC=CC2=[N+](CCCCCC(=O)C(C)(C)C)c3ccc(C)cc3C2(C)C)C(C)(C)c2cc(C)ccc21. The van der Waals surface area contributed by atoms with E-state index in [0.717, 1.165) is 151 Å². The molecule has 0 radical (unpaired) electrons. The molecule has 2 N–H and O–H groups in total. The Labute approximate surface area is 912 Å². The summed E-state index contributed by atoms with van der Waals surface area (Å²) in [5.41, 5.74) is 23.2. The highest BCUT2D eigenvalue weighted by Gasteiger charge is 2.47. The zero-order valence-corrected chi connectivity index (χ0v) is 97.2. The second-order valence-electron chi connectivity index (χ2n) is 47.4. The van der Waals surface area contributed by atoms with Crippen molar-refractivity contribution in [3.63, 3.8) is 0 Å². The Bertz CT molecular complexity index is 7490. The number of ketones is 3. The Morgan fingerprint density at radius 2 is 1.07 bits per heavy atom. The van der Waals surface area contributed by atoms with Crippen LogP contribution in [-0.2, 0) is 40.1 Å². The molecule has 8 aromatic carbocycles. The van der Waals surface area contributed by atoms with Crippen LogP contribution < -0.4 is 59.8 Å². The minimum atomic E-state index is -4.29. The van der Waals surface area contributed by atoms with E-state index in [2.05, 4.69) is 294 Å². The van der Waals surface area contributed by atoms with Gasteiger partial charge in [-0.05, 0) is 197 Å². The molecule has 8 aromatic rings. The molecule has 8 aliphatic rings. The molecule has 16 rings (SSSR count). The van der Waals surface area contributed by atoms with Gasteiger partial charge in [-0.3, -0.25) is 33.3 Å². The van der Waals surface area contributed by atoms with Gasteiger partial charge in [0.2, 0.25) is 22.3 Å². The number of benzene rings is 8. The minimum Gasteiger partial charge on any atom is -0.456 e. The van der Waals surface area contributed by atoms with Gasteiger partial charge < -0.3 is 29.5 Å². The van der Waals surface area contributed by atoms with Gasteiger partial charge in [-0.2, -0.15) is 13.0 Å². The van der Waals surface area contributed by atoms with Crippen LogP contribution in [0.4, 0.5) is 22.7 Å². The predicted molar refractivity (Wildman–Crippen MR) is 630 cm³/mol. The molecule has 8 heterocycles. The van der Waals surface area contributed by atoms with E-state index in [1.165, 1.54) is 45.0 Å². The number of thioether (sulfide) groups is 1. The number of fused-ring (bicyclic) bond motifs is 10. The van der Waals surface area contributed by atoms with Crippen molar-refractivity contribution in [2.45, 2.75) is 305 Å². The van der Waals surface area contributed by atoms with Crippen molar-refractivity contribution in [2.75, 3.05) is 67.5 Å². The van der Waals surface area contributed by atoms with Crippen LogP contribution in [-0.4, -0.2) is 140 Å². The van der Waals surface area contributed by atoms with Crippen LogP contribution in [0.15, 0.2) is 174 Å². The standard InChI is InChI=1S/C46H52Cl3N3O4S.C39H53N2O.C34H34N2O5S.C6H12O.2CH4/c1-13-14-15-31(43(55)44(4,5)6)50-36(54)23-57-42-40(48)38(30(22-53)39(47)41(42)49)37-28-16-26-24(2)20-45(7,8)51(11)32(26)18-34(28)56-35-19-33-27(17-29(35)37)25(3)21-46(9,10)52(33)12;1-11-40-32-23-21-28(2)26-30(32)38(7,8)34(40)18-14-12-15-19-35-39(9,10)31-27-29(3)22-24-33(31)41(35)25-17-13-16-20-36(42)37(4,5)6;1-20-16-33(2,3)35(6)28-14-30-26(12-24(20)28)32(23-11-9-8-10-21(23)18-37)27-13-25-22(19-42(38,39)40)17-34(4,5)36(7)29(25)15-31(27)41-30;1-5(7)6(2,3)4;;/h16-22,31H,13-15,23H2,1-12H3;12,14-15,18-19,21-24,26-27H,11,13,16-17,20,25H2,1-10H3;8-18H,19H2,1-7H3;1-4H3;2*1H4/q;+1;;;;/p+2. The lowest BCUT2D eigenvalue weighted by atomic mass is 9.81. The van der Waals surface area contributed by atoms with Crippen LogP contribution in [0, 0.1) is 30.1 Å². The highest BCUT2D eigenvalue weighted by atomic mass is 35.5. The number of unbranched alkanes of at least 4 members (excludes halogenated alkanes) is 3. The molecule has 800 valence electrons. The summed E-state index contributed by atoms with van der Waals surface area (Å²) in [5, 5.41) is 6.56. The van der Waals surface area contributed by atoms with Gasteiger partial charge in [-0.1, -0.05) is 230 Å². The summed E-state index contributed by atoms with van der Waals surface area (Å²) < 4.78 is 54.4. The van der Waals surface area contributed by atoms with Gasteiger partial charge in [0, 0.05) is 206 Å². The van der Waals surface area contributed by atoms with E-state index < -0.39 is 32.9 Å². The van der Waals surface area contributed by atoms with E-state index in [9.17, 15) is 41.7 Å². The number of allylic oxidation sites excluding steroid dienone is 9. The third-order valence-corrected chi connectivity index (χ3v) is 34.2. The van der Waals surface area contributed by atoms with Crippen molar-refractivity contribution >= 4 is 154 Å². The number of ether oxygens (including phenoxy) is 2. The molecule has 1 atom stereocenters. The number of Topliss-reactive ketones (excluding diaryl/α,β-unsaturated/α-hetero) is 3. The van der Waals surface area contributed by atoms with Crippen molar-refractivity contribution in [1.82, 2.24) is 14.5 Å². The molecule has 8 aliphatic heterocycles. The van der Waals surface area contributed by atoms with Gasteiger partial charge >= 0.3 is 0 Å². The first-order valence-electron chi connectivity index (χ1n) is 51.8. The normalized spacial score (nSPS) is 17.3. The smallest absolute Gasteiger partial charge is 0.269 e. The Balaban J connectivity index is 0.000000208. The van der Waals surface area contributed by atoms with Gasteiger partial charge in [0.1, 0.15) is 61.0 Å². The second kappa shape index (κ2) is 44.9. The quantitative estimate of drug-likeness (QED) is 0.0110. The molecular weight excluding hydrogens is 1970 g/mol. The third-order valence-electron chi connectivity index (χ3n) is 31.0. The lowest BCUT2D eigenvalue weighted by molar-refractivity contribution is -0.438. The number of anilines is 3. The summed E-state index contributed by atoms with van der Waals surface area (Å²) in [5.74, 6) is 2.16. The number of amides is 1. The van der Waals surface area contributed by atoms with Crippen molar-refractivity contribution in [1.29, 1.82) is 0 Å². The zero-order valence-electron chi connectivity index (χ0n) is 93.3. The van der Waals surface area contributed by atoms with E-state index in [0.29, 0.717) is 80.6 Å². The van der Waals surface area contributed by atoms with Crippen molar-refractivity contribution in [3.05, 3.63) is 284 Å². The number of rotatable bonds is 24. The van der Waals surface area contributed by atoms with Gasteiger partial charge in [0.25, 0.3) is 10.1 Å². The third kappa shape index (κ3) is 24.1. The number of nitrogens with one attached hydrogen (secondary N) is 1. The summed E-state index contributed by atoms with van der Waals surface area (Å²) in [6.45, 7) is 62.2. The number of aryl methyl sites for hydroxylation is 2. The topological polar surface area (TPSA) is 206 Å². The molecule has 0 saturated carbocycles. The van der Waals surface area contributed by atoms with Crippen LogP contribution in [0.1, 0.15) is 334 Å². The highest BCUT2D eigenvalue weighted by Crippen LogP contribution is 2.54. The molecule has 18 nitrogen and oxygen atoms in total. The Morgan fingerprint density at radius 3 is 1.61 bits per heavy atom. The summed E-state index contributed by atoms with van der Waals surface area (Å²) >= 11 is 22.5. The molecule has 23 heteroatoms. The van der Waals surface area contributed by atoms with Crippen LogP contribution in [0.5, 0.6) is 23.0 Å². The van der Waals surface area contributed by atoms with E-state index in [1.54, 1.807) is 13.0 Å². The average molecular weight is 2130 g/mol. The van der Waals surface area contributed by atoms with E-state index in [-0.39, 0.29) is 97.0 Å². The number of halogens is 3. The number of hydrogen-bond acceptors (Lipinski definition) is 14. The van der Waals surface area contributed by atoms with E-state index in [4.69, 9.17) is 44.3 Å². The Hall–Kier alpha value is -11.1. The molecule has 0 aliphatic carbocycles. The lowest BCUT2D eigenvalue weighted by Gasteiger charge is -2.41. The van der Waals surface area contributed by atoms with Crippen LogP contribution in [0.2, 0.25) is 15.1 Å². The lowest BCUT2D eigenvalue weighted by Crippen LogP contribution is -2.47. The fourth-order valence-corrected chi connectivity index (χ4v) is 23.8. The molecule has 0 fully saturated rings. The Morgan fingerprint density at radius 1 is 0.547 bits per heavy atom. The maximum absolute atomic E-state index is 13.5. The molecule has 0 bridgehead atoms. The first-order chi connectivity index (χ1) is 68.8. The largest absolute Gasteiger partial charge is 0.456 e. The fourth-order valence-electron chi connectivity index (χ4n) is 21.2. The summed E-state index contributed by atoms with van der Waals surface area (Å²) in [4.78, 5) is 82.4. The van der Waals surface area contributed by atoms with Crippen LogP contribution in [0.25, 0.3) is 33.4 Å². The van der Waals surface area contributed by atoms with Crippen molar-refractivity contribution < 1.29 is 55.8 Å². The summed E-state index contributed by atoms with van der Waals surface area (Å²) in [6.07, 6.45) is 27.4. The highest BCUT2D eigenvalue weighted by molar-refractivity contribution is 8.00. The number of nitrogens with zero attached hydrogens (tertiary/aromatic N) is 6. The average Bonchev–Trinajstić information content (AvgIpc) is 0.965.